The Labute approximate surface area is 136 Å². The molecule has 5 nitrogen and oxygen atoms in total. The average Bonchev–Trinajstić information content (AvgIpc) is 2.50. The number of carbonyl (C=O) groups excluding carboxylic acids is 1. The van der Waals surface area contributed by atoms with Crippen molar-refractivity contribution in [3.63, 3.8) is 0 Å². The van der Waals surface area contributed by atoms with Crippen LogP contribution in [-0.4, -0.2) is 17.0 Å². The fourth-order valence-corrected chi connectivity index (χ4v) is 2.05. The number of carboxylic acids is 1. The number of carbonyl (C=O) groups is 2. The van der Waals surface area contributed by atoms with Gasteiger partial charge in [-0.25, -0.2) is 9.59 Å². The highest BCUT2D eigenvalue weighted by molar-refractivity contribution is 6.30. The van der Waals surface area contributed by atoms with E-state index >= 15 is 0 Å². The third-order valence-electron chi connectivity index (χ3n) is 2.85. The van der Waals surface area contributed by atoms with Crippen molar-refractivity contribution in [2.24, 2.45) is 0 Å². The van der Waals surface area contributed by atoms with Gasteiger partial charge in [-0.15, -0.1) is 5.48 Å². The highest BCUT2D eigenvalue weighted by Gasteiger charge is 2.19. The van der Waals surface area contributed by atoms with Crippen LogP contribution in [0.5, 0.6) is 0 Å². The predicted octanol–water partition coefficient (Wildman–Crippen LogP) is 3.22. The maximum absolute atomic E-state index is 11.1. The number of halogens is 2. The summed E-state index contributed by atoms with van der Waals surface area (Å²) in [6.07, 6.45) is 0. The van der Waals surface area contributed by atoms with E-state index in [2.05, 4.69) is 10.3 Å². The Hall–Kier alpha value is -2.08. The monoisotopic (exact) mass is 339 g/mol. The van der Waals surface area contributed by atoms with Crippen LogP contribution in [0.3, 0.4) is 0 Å². The molecule has 0 aliphatic heterocycles. The molecule has 22 heavy (non-hydrogen) atoms. The molecule has 0 heterocycles. The van der Waals surface area contributed by atoms with Crippen molar-refractivity contribution >= 4 is 35.1 Å². The molecule has 2 aromatic carbocycles. The first-order valence-corrected chi connectivity index (χ1v) is 6.93. The molecule has 0 radical (unpaired) electrons. The van der Waals surface area contributed by atoms with Crippen LogP contribution >= 0.6 is 23.2 Å². The van der Waals surface area contributed by atoms with E-state index in [4.69, 9.17) is 28.3 Å². The molecular weight excluding hydrogens is 329 g/mol. The van der Waals surface area contributed by atoms with Gasteiger partial charge in [-0.05, 0) is 35.4 Å². The van der Waals surface area contributed by atoms with E-state index in [-0.39, 0.29) is 0 Å². The van der Waals surface area contributed by atoms with Crippen LogP contribution in [0.4, 0.5) is 0 Å². The molecule has 2 N–H and O–H groups in total. The van der Waals surface area contributed by atoms with Crippen LogP contribution in [-0.2, 0) is 14.4 Å². The summed E-state index contributed by atoms with van der Waals surface area (Å²) in [5.41, 5.74) is 3.94. The lowest BCUT2D eigenvalue weighted by atomic mass is 10.00. The van der Waals surface area contributed by atoms with Crippen LogP contribution in [0.25, 0.3) is 0 Å². The smallest absolute Gasteiger partial charge is 0.435 e. The van der Waals surface area contributed by atoms with Gasteiger partial charge in [-0.1, -0.05) is 47.5 Å². The highest BCUT2D eigenvalue weighted by atomic mass is 35.5. The van der Waals surface area contributed by atoms with Gasteiger partial charge in [0.1, 0.15) is 0 Å². The van der Waals surface area contributed by atoms with Gasteiger partial charge in [0, 0.05) is 10.0 Å². The van der Waals surface area contributed by atoms with Gasteiger partial charge in [0.25, 0.3) is 0 Å². The normalized spacial score (nSPS) is 10.5. The van der Waals surface area contributed by atoms with E-state index in [1.54, 1.807) is 48.5 Å². The van der Waals surface area contributed by atoms with E-state index in [0.29, 0.717) is 10.0 Å². The summed E-state index contributed by atoms with van der Waals surface area (Å²) in [5.74, 6) is -3.08. The van der Waals surface area contributed by atoms with Gasteiger partial charge in [-0.3, -0.25) is 0 Å². The lowest BCUT2D eigenvalue weighted by molar-refractivity contribution is -0.169. The third kappa shape index (κ3) is 4.21. The summed E-state index contributed by atoms with van der Waals surface area (Å²) >= 11 is 11.7. The van der Waals surface area contributed by atoms with Crippen LogP contribution < -0.4 is 5.48 Å². The van der Waals surface area contributed by atoms with Gasteiger partial charge in [0.15, 0.2) is 0 Å². The van der Waals surface area contributed by atoms with Crippen molar-refractivity contribution in [2.75, 3.05) is 0 Å². The molecule has 0 bridgehead atoms. The van der Waals surface area contributed by atoms with Crippen LogP contribution in [0.15, 0.2) is 48.5 Å². The molecule has 0 saturated carbocycles. The molecule has 0 aliphatic carbocycles. The Morgan fingerprint density at radius 2 is 1.32 bits per heavy atom. The van der Waals surface area contributed by atoms with E-state index in [1.807, 2.05) is 0 Å². The second kappa shape index (κ2) is 7.26. The molecule has 2 rings (SSSR count). The fourth-order valence-electron chi connectivity index (χ4n) is 1.80. The minimum Gasteiger partial charge on any atom is -0.473 e. The number of benzene rings is 2. The Balaban J connectivity index is 2.27. The van der Waals surface area contributed by atoms with Gasteiger partial charge in [0.2, 0.25) is 0 Å². The average molecular weight is 340 g/mol. The molecule has 0 aliphatic rings. The molecular formula is C15H11Cl2NO4. The first-order chi connectivity index (χ1) is 10.5. The quantitative estimate of drug-likeness (QED) is 0.660. The summed E-state index contributed by atoms with van der Waals surface area (Å²) in [7, 11) is 0. The van der Waals surface area contributed by atoms with Crippen LogP contribution in [0.2, 0.25) is 10.0 Å². The van der Waals surface area contributed by atoms with Crippen molar-refractivity contribution in [3.8, 4) is 0 Å². The molecule has 0 aromatic heterocycles. The third-order valence-corrected chi connectivity index (χ3v) is 3.35. The first kappa shape index (κ1) is 16.3. The summed E-state index contributed by atoms with van der Waals surface area (Å²) in [5, 5.41) is 9.67. The van der Waals surface area contributed by atoms with E-state index in [0.717, 1.165) is 11.1 Å². The van der Waals surface area contributed by atoms with E-state index in [9.17, 15) is 9.59 Å². The lowest BCUT2D eigenvalue weighted by Gasteiger charge is -2.18. The molecule has 7 heteroatoms. The maximum atomic E-state index is 11.1. The molecule has 2 aromatic rings. The van der Waals surface area contributed by atoms with E-state index in [1.165, 1.54) is 0 Å². The molecule has 114 valence electrons. The molecule has 0 atom stereocenters. The fraction of sp³-hybridized carbons (Fsp3) is 0.0667. The van der Waals surface area contributed by atoms with Crippen molar-refractivity contribution in [1.82, 2.24) is 5.48 Å². The summed E-state index contributed by atoms with van der Waals surface area (Å²) in [6, 6.07) is 13.1. The van der Waals surface area contributed by atoms with Crippen molar-refractivity contribution in [1.29, 1.82) is 0 Å². The number of aliphatic carboxylic acids is 1. The predicted molar refractivity (Wildman–Crippen MR) is 81.6 cm³/mol. The number of rotatable bonds is 4. The number of hydroxylamine groups is 1. The Bertz CT molecular complexity index is 625. The first-order valence-electron chi connectivity index (χ1n) is 6.18. The molecule has 0 amide bonds. The molecule has 0 spiro atoms. The van der Waals surface area contributed by atoms with Crippen LogP contribution in [0, 0.1) is 0 Å². The van der Waals surface area contributed by atoms with Crippen molar-refractivity contribution < 1.29 is 19.5 Å². The standard InChI is InChI=1S/C15H11Cl2NO4/c16-11-5-1-9(2-6-11)13(18-22-15(21)14(19)20)10-3-7-12(17)8-4-10/h1-8,13,18H,(H,19,20). The number of carboxylic acid groups (broad SMARTS) is 1. The second-order valence-electron chi connectivity index (χ2n) is 4.35. The summed E-state index contributed by atoms with van der Waals surface area (Å²) < 4.78 is 0. The van der Waals surface area contributed by atoms with Gasteiger partial charge in [0.05, 0.1) is 6.04 Å². The topological polar surface area (TPSA) is 75.6 Å². The molecule has 0 fully saturated rings. The minimum absolute atomic E-state index is 0.557. The van der Waals surface area contributed by atoms with Crippen molar-refractivity contribution in [2.45, 2.75) is 6.04 Å². The highest BCUT2D eigenvalue weighted by Crippen LogP contribution is 2.25. The number of hydrogen-bond donors (Lipinski definition) is 2. The van der Waals surface area contributed by atoms with Crippen molar-refractivity contribution in [3.05, 3.63) is 69.7 Å². The summed E-state index contributed by atoms with van der Waals surface area (Å²) in [6.45, 7) is 0. The number of nitrogens with one attached hydrogen (secondary N) is 1. The zero-order chi connectivity index (χ0) is 16.1. The van der Waals surface area contributed by atoms with Gasteiger partial charge >= 0.3 is 11.9 Å². The largest absolute Gasteiger partial charge is 0.473 e. The maximum Gasteiger partial charge on any atom is 0.435 e. The van der Waals surface area contributed by atoms with Crippen LogP contribution in [0.1, 0.15) is 17.2 Å². The lowest BCUT2D eigenvalue weighted by Crippen LogP contribution is -2.29. The summed E-state index contributed by atoms with van der Waals surface area (Å²) in [4.78, 5) is 26.2. The second-order valence-corrected chi connectivity index (χ2v) is 5.22. The van der Waals surface area contributed by atoms with Gasteiger partial charge in [-0.2, -0.15) is 0 Å². The molecule has 0 unspecified atom stereocenters. The Morgan fingerprint density at radius 3 is 1.68 bits per heavy atom. The zero-order valence-corrected chi connectivity index (χ0v) is 12.6. The Kier molecular flexibility index (Phi) is 5.38. The van der Waals surface area contributed by atoms with E-state index < -0.39 is 18.0 Å². The Morgan fingerprint density at radius 1 is 0.909 bits per heavy atom. The number of hydrogen-bond acceptors (Lipinski definition) is 4. The minimum atomic E-state index is -1.68. The zero-order valence-electron chi connectivity index (χ0n) is 11.1. The molecule has 0 saturated heterocycles. The SMILES string of the molecule is O=C(O)C(=O)ONC(c1ccc(Cl)cc1)c1ccc(Cl)cc1. The van der Waals surface area contributed by atoms with Gasteiger partial charge < -0.3 is 9.94 Å².